The standard InChI is InChI=1S/C18H38/c1-8-12-15(5)17(10-3)14-18(7,11-4)16(6)13-9-2/h15-17H,8-14H2,1-7H3. The summed E-state index contributed by atoms with van der Waals surface area (Å²) in [5.41, 5.74) is 0.554. The third kappa shape index (κ3) is 5.33. The topological polar surface area (TPSA) is 0 Å². The summed E-state index contributed by atoms with van der Waals surface area (Å²) in [7, 11) is 0. The van der Waals surface area contributed by atoms with Crippen molar-refractivity contribution < 1.29 is 0 Å². The predicted octanol–water partition coefficient (Wildman–Crippen LogP) is 6.69. The minimum absolute atomic E-state index is 0.554. The van der Waals surface area contributed by atoms with Crippen molar-refractivity contribution in [3.05, 3.63) is 0 Å². The highest BCUT2D eigenvalue weighted by atomic mass is 14.4. The summed E-state index contributed by atoms with van der Waals surface area (Å²) in [4.78, 5) is 0. The first-order chi connectivity index (χ1) is 8.45. The number of hydrogen-bond donors (Lipinski definition) is 0. The molecule has 0 radical (unpaired) electrons. The summed E-state index contributed by atoms with van der Waals surface area (Å²) in [6.07, 6.45) is 9.59. The van der Waals surface area contributed by atoms with Gasteiger partial charge >= 0.3 is 0 Å². The second-order valence-electron chi connectivity index (χ2n) is 6.84. The molecule has 0 N–H and O–H groups in total. The van der Waals surface area contributed by atoms with Crippen molar-refractivity contribution in [2.45, 2.75) is 93.4 Å². The fourth-order valence-corrected chi connectivity index (χ4v) is 3.51. The van der Waals surface area contributed by atoms with Crippen molar-refractivity contribution in [1.29, 1.82) is 0 Å². The van der Waals surface area contributed by atoms with Crippen LogP contribution in [0.4, 0.5) is 0 Å². The van der Waals surface area contributed by atoms with Crippen molar-refractivity contribution in [3.63, 3.8) is 0 Å². The molecule has 4 atom stereocenters. The van der Waals surface area contributed by atoms with E-state index in [2.05, 4.69) is 48.5 Å². The van der Waals surface area contributed by atoms with Crippen LogP contribution in [0.1, 0.15) is 93.4 Å². The molecule has 0 nitrogen and oxygen atoms in total. The molecular weight excluding hydrogens is 216 g/mol. The highest BCUT2D eigenvalue weighted by Crippen LogP contribution is 2.42. The molecule has 18 heavy (non-hydrogen) atoms. The maximum atomic E-state index is 2.54. The molecule has 0 heteroatoms. The van der Waals surface area contributed by atoms with E-state index in [4.69, 9.17) is 0 Å². The normalized spacial score (nSPS) is 20.2. The van der Waals surface area contributed by atoms with E-state index in [1.54, 1.807) is 0 Å². The lowest BCUT2D eigenvalue weighted by Gasteiger charge is -2.39. The first-order valence-electron chi connectivity index (χ1n) is 8.45. The van der Waals surface area contributed by atoms with E-state index in [0.717, 1.165) is 17.8 Å². The zero-order valence-electron chi connectivity index (χ0n) is 14.2. The van der Waals surface area contributed by atoms with Crippen molar-refractivity contribution in [2.75, 3.05) is 0 Å². The predicted molar refractivity (Wildman–Crippen MR) is 84.9 cm³/mol. The second kappa shape index (κ2) is 8.99. The maximum absolute atomic E-state index is 2.54. The van der Waals surface area contributed by atoms with Gasteiger partial charge in [-0.25, -0.2) is 0 Å². The van der Waals surface area contributed by atoms with Gasteiger partial charge in [0, 0.05) is 0 Å². The van der Waals surface area contributed by atoms with Gasteiger partial charge in [-0.05, 0) is 29.6 Å². The molecule has 0 aliphatic rings. The molecule has 0 aromatic heterocycles. The Bertz CT molecular complexity index is 196. The van der Waals surface area contributed by atoms with Crippen molar-refractivity contribution in [2.24, 2.45) is 23.2 Å². The van der Waals surface area contributed by atoms with E-state index in [-0.39, 0.29) is 0 Å². The average molecular weight is 255 g/mol. The van der Waals surface area contributed by atoms with Crippen molar-refractivity contribution >= 4 is 0 Å². The first kappa shape index (κ1) is 18.0. The van der Waals surface area contributed by atoms with Crippen LogP contribution in [0.2, 0.25) is 0 Å². The van der Waals surface area contributed by atoms with Crippen LogP contribution in [0.3, 0.4) is 0 Å². The summed E-state index contributed by atoms with van der Waals surface area (Å²) in [5.74, 6) is 2.70. The lowest BCUT2D eigenvalue weighted by Crippen LogP contribution is -2.29. The van der Waals surface area contributed by atoms with E-state index >= 15 is 0 Å². The average Bonchev–Trinajstić information content (AvgIpc) is 2.36. The van der Waals surface area contributed by atoms with Gasteiger partial charge in [0.05, 0.1) is 0 Å². The molecule has 0 aliphatic heterocycles. The van der Waals surface area contributed by atoms with Gasteiger partial charge in [0.15, 0.2) is 0 Å². The van der Waals surface area contributed by atoms with Crippen molar-refractivity contribution in [1.82, 2.24) is 0 Å². The molecule has 0 aromatic rings. The summed E-state index contributed by atoms with van der Waals surface area (Å²) < 4.78 is 0. The molecule has 0 bridgehead atoms. The summed E-state index contributed by atoms with van der Waals surface area (Å²) >= 11 is 0. The molecule has 0 aromatic carbocycles. The quantitative estimate of drug-likeness (QED) is 0.407. The molecule has 0 saturated heterocycles. The van der Waals surface area contributed by atoms with Gasteiger partial charge in [-0.3, -0.25) is 0 Å². The van der Waals surface area contributed by atoms with E-state index in [0.29, 0.717) is 5.41 Å². The van der Waals surface area contributed by atoms with Crippen LogP contribution >= 0.6 is 0 Å². The molecule has 0 rings (SSSR count). The zero-order valence-corrected chi connectivity index (χ0v) is 14.2. The van der Waals surface area contributed by atoms with Gasteiger partial charge in [-0.15, -0.1) is 0 Å². The van der Waals surface area contributed by atoms with Crippen LogP contribution in [0.15, 0.2) is 0 Å². The Morgan fingerprint density at radius 2 is 1.44 bits per heavy atom. The van der Waals surface area contributed by atoms with E-state index in [1.807, 2.05) is 0 Å². The Morgan fingerprint density at radius 1 is 0.889 bits per heavy atom. The smallest absolute Gasteiger partial charge is 0.0300 e. The third-order valence-corrected chi connectivity index (χ3v) is 5.52. The monoisotopic (exact) mass is 254 g/mol. The lowest BCUT2D eigenvalue weighted by molar-refractivity contribution is 0.110. The lowest BCUT2D eigenvalue weighted by atomic mass is 9.66. The van der Waals surface area contributed by atoms with E-state index in [9.17, 15) is 0 Å². The summed E-state index contributed by atoms with van der Waals surface area (Å²) in [6, 6.07) is 0. The fourth-order valence-electron chi connectivity index (χ4n) is 3.51. The Hall–Kier alpha value is 0. The molecule has 0 aliphatic carbocycles. The molecule has 0 fully saturated rings. The largest absolute Gasteiger partial charge is 0.0654 e. The molecule has 0 saturated carbocycles. The molecule has 4 unspecified atom stereocenters. The Morgan fingerprint density at radius 3 is 1.83 bits per heavy atom. The van der Waals surface area contributed by atoms with Crippen LogP contribution in [0.5, 0.6) is 0 Å². The molecule has 0 heterocycles. The summed E-state index contributed by atoms with van der Waals surface area (Å²) in [6.45, 7) is 16.9. The van der Waals surface area contributed by atoms with Gasteiger partial charge in [-0.2, -0.15) is 0 Å². The zero-order chi connectivity index (χ0) is 14.2. The number of rotatable bonds is 10. The molecule has 0 spiro atoms. The van der Waals surface area contributed by atoms with Gasteiger partial charge in [0.2, 0.25) is 0 Å². The van der Waals surface area contributed by atoms with Crippen LogP contribution < -0.4 is 0 Å². The maximum Gasteiger partial charge on any atom is -0.0300 e. The van der Waals surface area contributed by atoms with Gasteiger partial charge in [0.1, 0.15) is 0 Å². The van der Waals surface area contributed by atoms with Crippen LogP contribution in [-0.2, 0) is 0 Å². The minimum Gasteiger partial charge on any atom is -0.0654 e. The van der Waals surface area contributed by atoms with Crippen LogP contribution in [-0.4, -0.2) is 0 Å². The first-order valence-corrected chi connectivity index (χ1v) is 8.45. The van der Waals surface area contributed by atoms with Crippen LogP contribution in [0, 0.1) is 23.2 Å². The van der Waals surface area contributed by atoms with Gasteiger partial charge < -0.3 is 0 Å². The van der Waals surface area contributed by atoms with E-state index < -0.39 is 0 Å². The molecule has 0 amide bonds. The second-order valence-corrected chi connectivity index (χ2v) is 6.84. The molecule has 110 valence electrons. The van der Waals surface area contributed by atoms with Gasteiger partial charge in [0.25, 0.3) is 0 Å². The van der Waals surface area contributed by atoms with Gasteiger partial charge in [-0.1, -0.05) is 87.0 Å². The highest BCUT2D eigenvalue weighted by molar-refractivity contribution is 4.83. The Kier molecular flexibility index (Phi) is 8.99. The van der Waals surface area contributed by atoms with Crippen LogP contribution in [0.25, 0.3) is 0 Å². The Balaban J connectivity index is 4.64. The number of hydrogen-bond acceptors (Lipinski definition) is 0. The fraction of sp³-hybridized carbons (Fsp3) is 1.00. The Labute approximate surface area is 117 Å². The van der Waals surface area contributed by atoms with E-state index in [1.165, 1.54) is 44.9 Å². The van der Waals surface area contributed by atoms with Crippen molar-refractivity contribution in [3.8, 4) is 0 Å². The third-order valence-electron chi connectivity index (χ3n) is 5.52. The molecular formula is C18H38. The SMILES string of the molecule is CCCC(C)C(CC)CC(C)(CC)C(C)CCC. The minimum atomic E-state index is 0.554. The summed E-state index contributed by atoms with van der Waals surface area (Å²) in [5, 5.41) is 0. The highest BCUT2D eigenvalue weighted by Gasteiger charge is 2.32.